The maximum absolute atomic E-state index is 11.7. The van der Waals surface area contributed by atoms with Crippen molar-refractivity contribution in [1.29, 1.82) is 0 Å². The van der Waals surface area contributed by atoms with Gasteiger partial charge in [0.25, 0.3) is 0 Å². The molecular formula is C10H12N4OS4. The fourth-order valence-corrected chi connectivity index (χ4v) is 4.47. The fourth-order valence-electron chi connectivity index (χ4n) is 1.13. The van der Waals surface area contributed by atoms with Crippen LogP contribution in [0.1, 0.15) is 0 Å². The highest BCUT2D eigenvalue weighted by molar-refractivity contribution is 8.39. The lowest BCUT2D eigenvalue weighted by atomic mass is 10.7. The van der Waals surface area contributed by atoms with Gasteiger partial charge in [-0.25, -0.2) is 0 Å². The number of thioether (sulfide) groups is 3. The summed E-state index contributed by atoms with van der Waals surface area (Å²) in [5, 5.41) is 11.2. The van der Waals surface area contributed by atoms with E-state index in [9.17, 15) is 4.79 Å². The monoisotopic (exact) mass is 332 g/mol. The van der Waals surface area contributed by atoms with Crippen molar-refractivity contribution in [3.63, 3.8) is 0 Å². The van der Waals surface area contributed by atoms with Crippen LogP contribution in [-0.4, -0.2) is 44.3 Å². The van der Waals surface area contributed by atoms with Gasteiger partial charge in [0.15, 0.2) is 4.34 Å². The van der Waals surface area contributed by atoms with Crippen molar-refractivity contribution in [3.05, 3.63) is 12.7 Å². The lowest BCUT2D eigenvalue weighted by Gasteiger charge is -2.00. The van der Waals surface area contributed by atoms with E-state index in [2.05, 4.69) is 27.1 Å². The van der Waals surface area contributed by atoms with E-state index in [1.54, 1.807) is 29.6 Å². The highest BCUT2D eigenvalue weighted by Gasteiger charge is 2.12. The number of amides is 1. The average Bonchev–Trinajstić information content (AvgIpc) is 3.05. The van der Waals surface area contributed by atoms with Crippen molar-refractivity contribution in [3.8, 4) is 0 Å². The highest BCUT2D eigenvalue weighted by Crippen LogP contribution is 2.26. The Labute approximate surface area is 128 Å². The first kappa shape index (κ1) is 14.9. The number of hydrogen-bond donors (Lipinski definition) is 1. The number of hydrogen-bond acceptors (Lipinski definition) is 8. The second-order valence-corrected chi connectivity index (χ2v) is 7.86. The Morgan fingerprint density at radius 3 is 3.11 bits per heavy atom. The topological polar surface area (TPSA) is 67.2 Å². The van der Waals surface area contributed by atoms with Gasteiger partial charge in [-0.15, -0.1) is 16.8 Å². The summed E-state index contributed by atoms with van der Waals surface area (Å²) in [6, 6.07) is 0. The lowest BCUT2D eigenvalue weighted by molar-refractivity contribution is -0.113. The first-order valence-electron chi connectivity index (χ1n) is 5.45. The quantitative estimate of drug-likeness (QED) is 0.491. The van der Waals surface area contributed by atoms with Crippen molar-refractivity contribution >= 4 is 62.0 Å². The summed E-state index contributed by atoms with van der Waals surface area (Å²) in [6.45, 7) is 4.50. The highest BCUT2D eigenvalue weighted by atomic mass is 32.2. The first-order valence-corrected chi connectivity index (χ1v) is 9.22. The molecule has 9 heteroatoms. The number of aromatic nitrogens is 2. The zero-order valence-electron chi connectivity index (χ0n) is 10.00. The molecule has 2 rings (SSSR count). The third-order valence-electron chi connectivity index (χ3n) is 1.86. The molecule has 1 aliphatic heterocycles. The minimum absolute atomic E-state index is 0.0726. The second kappa shape index (κ2) is 7.93. The van der Waals surface area contributed by atoms with Gasteiger partial charge in [0, 0.05) is 11.5 Å². The van der Waals surface area contributed by atoms with Gasteiger partial charge in [-0.1, -0.05) is 52.7 Å². The Bertz CT molecular complexity index is 488. The predicted molar refractivity (Wildman–Crippen MR) is 86.7 cm³/mol. The number of carbonyl (C=O) groups excluding carboxylic acids is 1. The molecule has 0 aliphatic carbocycles. The molecule has 0 saturated heterocycles. The molecule has 2 heterocycles. The Hall–Kier alpha value is -0.510. The summed E-state index contributed by atoms with van der Waals surface area (Å²) >= 11 is 6.10. The standard InChI is InChI=1S/C10H12N4OS4/c1-2-4-16-10-14-13-8(19-10)12-7(15)6-18-9-11-3-5-17-9/h2H,1,3-6H2,(H,12,13,15). The van der Waals surface area contributed by atoms with Crippen molar-refractivity contribution in [2.45, 2.75) is 4.34 Å². The lowest BCUT2D eigenvalue weighted by Crippen LogP contribution is -2.14. The summed E-state index contributed by atoms with van der Waals surface area (Å²) in [4.78, 5) is 16.0. The van der Waals surface area contributed by atoms with Crippen LogP contribution in [0.3, 0.4) is 0 Å². The fraction of sp³-hybridized carbons (Fsp3) is 0.400. The van der Waals surface area contributed by atoms with Gasteiger partial charge < -0.3 is 0 Å². The smallest absolute Gasteiger partial charge is 0.236 e. The average molecular weight is 333 g/mol. The third kappa shape index (κ3) is 5.17. The van der Waals surface area contributed by atoms with E-state index < -0.39 is 0 Å². The van der Waals surface area contributed by atoms with Crippen LogP contribution in [0.4, 0.5) is 5.13 Å². The zero-order chi connectivity index (χ0) is 13.5. The molecule has 0 fully saturated rings. The third-order valence-corrected chi connectivity index (χ3v) is 6.08. The SMILES string of the molecule is C=CCSc1nnc(NC(=O)CSC2=NCCS2)s1. The van der Waals surface area contributed by atoms with Crippen molar-refractivity contribution in [1.82, 2.24) is 10.2 Å². The maximum Gasteiger partial charge on any atom is 0.236 e. The summed E-state index contributed by atoms with van der Waals surface area (Å²) in [5.41, 5.74) is 0. The van der Waals surface area contributed by atoms with Gasteiger partial charge >= 0.3 is 0 Å². The molecule has 5 nitrogen and oxygen atoms in total. The molecular weight excluding hydrogens is 320 g/mol. The number of nitrogens with one attached hydrogen (secondary N) is 1. The van der Waals surface area contributed by atoms with Crippen LogP contribution in [0.15, 0.2) is 22.0 Å². The molecule has 0 bridgehead atoms. The van der Waals surface area contributed by atoms with Gasteiger partial charge in [-0.2, -0.15) is 0 Å². The van der Waals surface area contributed by atoms with Gasteiger partial charge in [0.05, 0.1) is 12.3 Å². The normalized spacial score (nSPS) is 14.2. The predicted octanol–water partition coefficient (Wildman–Crippen LogP) is 2.59. The molecule has 1 aromatic rings. The number of nitrogens with zero attached hydrogens (tertiary/aromatic N) is 3. The molecule has 1 amide bonds. The molecule has 1 aliphatic rings. The molecule has 0 atom stereocenters. The number of anilines is 1. The molecule has 0 spiro atoms. The number of rotatable bonds is 6. The van der Waals surface area contributed by atoms with Crippen molar-refractivity contribution in [2.24, 2.45) is 4.99 Å². The van der Waals surface area contributed by atoms with E-state index in [4.69, 9.17) is 0 Å². The van der Waals surface area contributed by atoms with Crippen LogP contribution in [-0.2, 0) is 4.79 Å². The van der Waals surface area contributed by atoms with Crippen LogP contribution in [0, 0.1) is 0 Å². The van der Waals surface area contributed by atoms with E-state index in [1.165, 1.54) is 23.1 Å². The van der Waals surface area contributed by atoms with Crippen LogP contribution in [0.5, 0.6) is 0 Å². The van der Waals surface area contributed by atoms with Crippen LogP contribution in [0.25, 0.3) is 0 Å². The first-order chi connectivity index (χ1) is 9.28. The molecule has 19 heavy (non-hydrogen) atoms. The van der Waals surface area contributed by atoms with Crippen LogP contribution in [0.2, 0.25) is 0 Å². The molecule has 0 radical (unpaired) electrons. The maximum atomic E-state index is 11.7. The minimum Gasteiger partial charge on any atom is -0.300 e. The van der Waals surface area contributed by atoms with E-state index >= 15 is 0 Å². The van der Waals surface area contributed by atoms with Crippen molar-refractivity contribution < 1.29 is 4.79 Å². The molecule has 0 unspecified atom stereocenters. The van der Waals surface area contributed by atoms with Crippen LogP contribution < -0.4 is 5.32 Å². The Kier molecular flexibility index (Phi) is 6.21. The summed E-state index contributed by atoms with van der Waals surface area (Å²) in [7, 11) is 0. The largest absolute Gasteiger partial charge is 0.300 e. The molecule has 1 aromatic heterocycles. The van der Waals surface area contributed by atoms with E-state index in [0.29, 0.717) is 10.9 Å². The molecule has 0 aromatic carbocycles. The summed E-state index contributed by atoms with van der Waals surface area (Å²) < 4.78 is 1.83. The Morgan fingerprint density at radius 2 is 2.37 bits per heavy atom. The van der Waals surface area contributed by atoms with Crippen molar-refractivity contribution in [2.75, 3.05) is 29.1 Å². The minimum atomic E-state index is -0.0726. The molecule has 102 valence electrons. The molecule has 0 saturated carbocycles. The van der Waals surface area contributed by atoms with Gasteiger partial charge in [0.2, 0.25) is 11.0 Å². The van der Waals surface area contributed by atoms with Crippen LogP contribution >= 0.6 is 46.6 Å². The summed E-state index contributed by atoms with van der Waals surface area (Å²) in [6.07, 6.45) is 1.81. The molecule has 1 N–H and O–H groups in total. The number of carbonyl (C=O) groups is 1. The summed E-state index contributed by atoms with van der Waals surface area (Å²) in [5.74, 6) is 2.09. The van der Waals surface area contributed by atoms with Gasteiger partial charge in [-0.05, 0) is 0 Å². The Morgan fingerprint density at radius 1 is 1.47 bits per heavy atom. The zero-order valence-corrected chi connectivity index (χ0v) is 13.3. The van der Waals surface area contributed by atoms with Gasteiger partial charge in [-0.3, -0.25) is 15.1 Å². The Balaban J connectivity index is 1.74. The van der Waals surface area contributed by atoms with E-state index in [0.717, 1.165) is 26.8 Å². The second-order valence-electron chi connectivity index (χ2n) is 3.31. The van der Waals surface area contributed by atoms with E-state index in [-0.39, 0.29) is 5.91 Å². The number of aliphatic imine (C=N–C) groups is 1. The van der Waals surface area contributed by atoms with E-state index in [1.807, 2.05) is 0 Å². The van der Waals surface area contributed by atoms with Gasteiger partial charge in [0.1, 0.15) is 4.38 Å².